The van der Waals surface area contributed by atoms with Gasteiger partial charge in [0.25, 0.3) is 10.0 Å². The van der Waals surface area contributed by atoms with Gasteiger partial charge in [-0.2, -0.15) is 0 Å². The monoisotopic (exact) mass is 456 g/mol. The van der Waals surface area contributed by atoms with Gasteiger partial charge in [-0.3, -0.25) is 9.52 Å². The van der Waals surface area contributed by atoms with Crippen molar-refractivity contribution in [3.8, 4) is 0 Å². The molecule has 1 saturated heterocycles. The number of nitrogens with one attached hydrogen (secondary N) is 1. The fraction of sp³-hybridized carbons (Fsp3) is 0.273. The molecule has 9 heteroatoms. The van der Waals surface area contributed by atoms with Gasteiger partial charge in [0.15, 0.2) is 5.13 Å². The van der Waals surface area contributed by atoms with Gasteiger partial charge in [-0.1, -0.05) is 18.2 Å². The number of carbonyl (C=O) groups is 1. The third kappa shape index (κ3) is 3.79. The summed E-state index contributed by atoms with van der Waals surface area (Å²) in [4.78, 5) is 21.3. The lowest BCUT2D eigenvalue weighted by molar-refractivity contribution is -0.118. The number of amides is 1. The molecule has 5 rings (SSSR count). The number of benzene rings is 2. The maximum atomic E-state index is 13.3. The van der Waals surface area contributed by atoms with Crippen LogP contribution in [0.5, 0.6) is 0 Å². The Bertz CT molecular complexity index is 1200. The number of rotatable bonds is 5. The predicted molar refractivity (Wildman–Crippen MR) is 124 cm³/mol. The molecule has 2 aliphatic heterocycles. The fourth-order valence-corrected chi connectivity index (χ4v) is 6.14. The van der Waals surface area contributed by atoms with E-state index in [4.69, 9.17) is 0 Å². The second-order valence-electron chi connectivity index (χ2n) is 7.66. The molecule has 1 amide bonds. The molecule has 1 N–H and O–H groups in total. The van der Waals surface area contributed by atoms with E-state index in [2.05, 4.69) is 26.7 Å². The highest BCUT2D eigenvalue weighted by Crippen LogP contribution is 2.33. The van der Waals surface area contributed by atoms with E-state index in [1.165, 1.54) is 29.0 Å². The van der Waals surface area contributed by atoms with E-state index < -0.39 is 10.0 Å². The minimum Gasteiger partial charge on any atom is -0.359 e. The molecule has 2 aliphatic rings. The molecule has 0 bridgehead atoms. The molecule has 0 unspecified atom stereocenters. The van der Waals surface area contributed by atoms with Crippen LogP contribution in [0.25, 0.3) is 0 Å². The summed E-state index contributed by atoms with van der Waals surface area (Å²) in [5, 5.41) is 2.03. The smallest absolute Gasteiger partial charge is 0.263 e. The number of carbonyl (C=O) groups excluding carboxylic acids is 1. The van der Waals surface area contributed by atoms with E-state index in [0.717, 1.165) is 31.5 Å². The first-order valence-electron chi connectivity index (χ1n) is 10.2. The normalized spacial score (nSPS) is 18.8. The van der Waals surface area contributed by atoms with Gasteiger partial charge in [-0.05, 0) is 55.2 Å². The van der Waals surface area contributed by atoms with Crippen molar-refractivity contribution in [1.82, 2.24) is 4.98 Å². The summed E-state index contributed by atoms with van der Waals surface area (Å²) in [5.74, 6) is 0.0632. The van der Waals surface area contributed by atoms with Gasteiger partial charge >= 0.3 is 0 Å². The first-order valence-corrected chi connectivity index (χ1v) is 12.6. The van der Waals surface area contributed by atoms with Crippen molar-refractivity contribution < 1.29 is 14.6 Å². The number of aryl methyl sites for hydroxylation is 1. The van der Waals surface area contributed by atoms with Gasteiger partial charge < -0.3 is 9.80 Å². The number of hydrogen-bond donors (Lipinski definition) is 1. The lowest BCUT2D eigenvalue weighted by Gasteiger charge is -2.35. The average Bonchev–Trinajstić information content (AvgIpc) is 3.42. The Morgan fingerprint density at radius 2 is 1.90 bits per heavy atom. The topological polar surface area (TPSA) is 82.6 Å². The number of para-hydroxylation sites is 1. The SMILES string of the molecule is O=C1[C@@H](N2CCCc3ccccc32)CCN1c1ccc(S(=O)(=O)Nc2nccs2)cc1.[HH]. The lowest BCUT2D eigenvalue weighted by Crippen LogP contribution is -2.44. The van der Waals surface area contributed by atoms with E-state index in [1.807, 2.05) is 12.1 Å². The van der Waals surface area contributed by atoms with E-state index in [1.54, 1.807) is 28.6 Å². The molecule has 7 nitrogen and oxygen atoms in total. The summed E-state index contributed by atoms with van der Waals surface area (Å²) in [5.41, 5.74) is 3.16. The van der Waals surface area contributed by atoms with Crippen LogP contribution in [0.3, 0.4) is 0 Å². The summed E-state index contributed by atoms with van der Waals surface area (Å²) < 4.78 is 27.5. The van der Waals surface area contributed by atoms with Crippen molar-refractivity contribution >= 4 is 43.8 Å². The molecule has 162 valence electrons. The minimum absolute atomic E-state index is 0. The number of anilines is 3. The number of aromatic nitrogens is 1. The van der Waals surface area contributed by atoms with Crippen LogP contribution in [0.15, 0.2) is 65.0 Å². The quantitative estimate of drug-likeness (QED) is 0.632. The molecule has 1 aromatic heterocycles. The van der Waals surface area contributed by atoms with Crippen molar-refractivity contribution in [3.05, 3.63) is 65.7 Å². The Morgan fingerprint density at radius 1 is 1.10 bits per heavy atom. The van der Waals surface area contributed by atoms with E-state index >= 15 is 0 Å². The van der Waals surface area contributed by atoms with Gasteiger partial charge in [-0.15, -0.1) is 11.3 Å². The lowest BCUT2D eigenvalue weighted by atomic mass is 9.99. The molecule has 2 aromatic carbocycles. The maximum Gasteiger partial charge on any atom is 0.263 e. The highest BCUT2D eigenvalue weighted by atomic mass is 32.2. The van der Waals surface area contributed by atoms with Gasteiger partial charge in [0.05, 0.1) is 4.90 Å². The standard InChI is InChI=1S/C22H22N4O3S2.H2/c27-21-20(26-13-3-5-16-4-1-2-6-19(16)26)11-14-25(21)17-7-9-18(10-8-17)31(28,29)24-22-23-12-15-30-22;/h1-2,4,6-10,12,15,20H,3,5,11,13-14H2,(H,23,24);1H/t20-;/m0./s1. The van der Waals surface area contributed by atoms with E-state index in [9.17, 15) is 13.2 Å². The second-order valence-corrected chi connectivity index (χ2v) is 10.2. The van der Waals surface area contributed by atoms with Crippen LogP contribution < -0.4 is 14.5 Å². The van der Waals surface area contributed by atoms with Gasteiger partial charge in [0.2, 0.25) is 5.91 Å². The van der Waals surface area contributed by atoms with Crippen LogP contribution in [0.4, 0.5) is 16.5 Å². The summed E-state index contributed by atoms with van der Waals surface area (Å²) in [6, 6.07) is 14.6. The van der Waals surface area contributed by atoms with Gasteiger partial charge in [-0.25, -0.2) is 13.4 Å². The summed E-state index contributed by atoms with van der Waals surface area (Å²) in [7, 11) is -3.71. The van der Waals surface area contributed by atoms with Crippen LogP contribution in [0, 0.1) is 0 Å². The molecule has 3 heterocycles. The highest BCUT2D eigenvalue weighted by molar-refractivity contribution is 7.93. The molecule has 31 heavy (non-hydrogen) atoms. The second kappa shape index (κ2) is 7.97. The summed E-state index contributed by atoms with van der Waals surface area (Å²) in [6.45, 7) is 1.49. The van der Waals surface area contributed by atoms with Crippen LogP contribution >= 0.6 is 11.3 Å². The van der Waals surface area contributed by atoms with Crippen LogP contribution in [-0.4, -0.2) is 38.4 Å². The van der Waals surface area contributed by atoms with E-state index in [-0.39, 0.29) is 18.3 Å². The molecule has 0 radical (unpaired) electrons. The molecular formula is C22H24N4O3S2. The molecule has 0 aliphatic carbocycles. The Labute approximate surface area is 186 Å². The number of nitrogens with zero attached hydrogens (tertiary/aromatic N) is 3. The Morgan fingerprint density at radius 3 is 2.68 bits per heavy atom. The number of hydrogen-bond acceptors (Lipinski definition) is 6. The molecule has 0 saturated carbocycles. The molecule has 1 atom stereocenters. The molecule has 1 fully saturated rings. The predicted octanol–water partition coefficient (Wildman–Crippen LogP) is 3.75. The molecule has 0 spiro atoms. The van der Waals surface area contributed by atoms with Crippen LogP contribution in [0.1, 0.15) is 19.8 Å². The van der Waals surface area contributed by atoms with Crippen molar-refractivity contribution in [2.75, 3.05) is 27.6 Å². The number of fused-ring (bicyclic) bond motifs is 1. The third-order valence-electron chi connectivity index (χ3n) is 5.81. The van der Waals surface area contributed by atoms with Crippen LogP contribution in [0.2, 0.25) is 0 Å². The zero-order valence-electron chi connectivity index (χ0n) is 16.8. The summed E-state index contributed by atoms with van der Waals surface area (Å²) >= 11 is 1.22. The average molecular weight is 457 g/mol. The largest absolute Gasteiger partial charge is 0.359 e. The van der Waals surface area contributed by atoms with Gasteiger partial charge in [0, 0.05) is 37.5 Å². The van der Waals surface area contributed by atoms with Crippen molar-refractivity contribution in [1.29, 1.82) is 0 Å². The van der Waals surface area contributed by atoms with Crippen LogP contribution in [-0.2, 0) is 21.2 Å². The maximum absolute atomic E-state index is 13.3. The Balaban J connectivity index is 0.00000245. The third-order valence-corrected chi connectivity index (χ3v) is 7.98. The zero-order valence-corrected chi connectivity index (χ0v) is 18.4. The van der Waals surface area contributed by atoms with Crippen molar-refractivity contribution in [2.24, 2.45) is 0 Å². The number of thiazole rings is 1. The zero-order chi connectivity index (χ0) is 21.4. The fourth-order valence-electron chi connectivity index (χ4n) is 4.35. The highest BCUT2D eigenvalue weighted by Gasteiger charge is 2.38. The van der Waals surface area contributed by atoms with Gasteiger partial charge in [0.1, 0.15) is 6.04 Å². The first kappa shape index (κ1) is 20.0. The van der Waals surface area contributed by atoms with E-state index in [0.29, 0.717) is 17.4 Å². The first-order chi connectivity index (χ1) is 15.0. The summed E-state index contributed by atoms with van der Waals surface area (Å²) in [6.07, 6.45) is 4.38. The molecular weight excluding hydrogens is 432 g/mol. The minimum atomic E-state index is -3.71. The Kier molecular flexibility index (Phi) is 5.15. The Hall–Kier alpha value is -2.91. The van der Waals surface area contributed by atoms with Crippen molar-refractivity contribution in [3.63, 3.8) is 0 Å². The van der Waals surface area contributed by atoms with Crippen molar-refractivity contribution in [2.45, 2.75) is 30.2 Å². The number of sulfonamides is 1. The molecule has 3 aromatic rings.